The van der Waals surface area contributed by atoms with Crippen LogP contribution in [-0.4, -0.2) is 103 Å². The first kappa shape index (κ1) is 34.7. The van der Waals surface area contributed by atoms with Crippen LogP contribution in [0, 0.1) is 28.6 Å². The zero-order valence-electron chi connectivity index (χ0n) is 28.2. The molecular formula is C34H54N6O6. The lowest BCUT2D eigenvalue weighted by Crippen LogP contribution is -2.53. The number of hydrogen-bond acceptors (Lipinski definition) is 9. The third-order valence-corrected chi connectivity index (χ3v) is 12.0. The molecular weight excluding hydrogens is 588 g/mol. The minimum absolute atomic E-state index is 0.0299. The van der Waals surface area contributed by atoms with Gasteiger partial charge in [0.25, 0.3) is 0 Å². The van der Waals surface area contributed by atoms with E-state index in [4.69, 9.17) is 9.47 Å². The molecule has 4 aliphatic rings. The second-order valence-electron chi connectivity index (χ2n) is 14.4. The molecule has 3 fully saturated rings. The lowest BCUT2D eigenvalue weighted by Gasteiger charge is -2.59. The van der Waals surface area contributed by atoms with Gasteiger partial charge in [0, 0.05) is 45.7 Å². The van der Waals surface area contributed by atoms with Gasteiger partial charge in [-0.1, -0.05) is 24.6 Å². The second-order valence-corrected chi connectivity index (χ2v) is 14.4. The zero-order valence-corrected chi connectivity index (χ0v) is 28.2. The molecule has 4 aliphatic carbocycles. The molecule has 0 radical (unpaired) electrons. The van der Waals surface area contributed by atoms with Crippen LogP contribution in [0.4, 0.5) is 0 Å². The molecule has 0 bridgehead atoms. The van der Waals surface area contributed by atoms with Gasteiger partial charge in [-0.05, 0) is 87.2 Å². The van der Waals surface area contributed by atoms with Gasteiger partial charge in [0.2, 0.25) is 11.8 Å². The molecule has 46 heavy (non-hydrogen) atoms. The number of hydrogen-bond donors (Lipinski definition) is 3. The number of nitrogens with zero attached hydrogens (tertiary/aromatic N) is 4. The second kappa shape index (κ2) is 14.6. The van der Waals surface area contributed by atoms with E-state index < -0.39 is 5.60 Å². The van der Waals surface area contributed by atoms with E-state index in [9.17, 15) is 19.5 Å². The summed E-state index contributed by atoms with van der Waals surface area (Å²) in [5, 5.41) is 27.1. The average molecular weight is 643 g/mol. The highest BCUT2D eigenvalue weighted by molar-refractivity contribution is 5.91. The first-order valence-corrected chi connectivity index (χ1v) is 17.2. The highest BCUT2D eigenvalue weighted by atomic mass is 16.5. The number of carbonyl (C=O) groups is 3. The molecule has 1 aromatic rings. The maximum Gasteiger partial charge on any atom is 0.239 e. The standard InChI is InChI=1S/C34H54N6O6/c1-32-11-8-25(41)20-24(32)6-7-26-27(32)9-12-33(2)28(26)10-13-34(33,44)29-22-40(38-37-29)16-5-14-35-21-31(43)39(17-19-46-4)23-30(42)36-15-18-45-3/h20,22,26-28,35,44H,5-19,21,23H2,1-4H3,(H,36,42). The molecule has 6 unspecified atom stereocenters. The van der Waals surface area contributed by atoms with E-state index in [2.05, 4.69) is 34.8 Å². The number of methoxy groups -OCH3 is 2. The van der Waals surface area contributed by atoms with Crippen LogP contribution < -0.4 is 10.6 Å². The van der Waals surface area contributed by atoms with Gasteiger partial charge in [-0.2, -0.15) is 0 Å². The van der Waals surface area contributed by atoms with Crippen LogP contribution in [-0.2, 0) is 36.0 Å². The maximum atomic E-state index is 12.8. The molecule has 256 valence electrons. The van der Waals surface area contributed by atoms with Gasteiger partial charge in [0.1, 0.15) is 11.3 Å². The molecule has 2 amide bonds. The number of ether oxygens (including phenoxy) is 2. The number of nitrogens with one attached hydrogen (secondary N) is 2. The summed E-state index contributed by atoms with van der Waals surface area (Å²) in [6, 6.07) is 0. The van der Waals surface area contributed by atoms with E-state index in [1.807, 2.05) is 12.3 Å². The highest BCUT2D eigenvalue weighted by Gasteiger charge is 2.65. The van der Waals surface area contributed by atoms with E-state index in [-0.39, 0.29) is 41.5 Å². The first-order valence-electron chi connectivity index (χ1n) is 17.2. The Labute approximate surface area is 273 Å². The summed E-state index contributed by atoms with van der Waals surface area (Å²) < 4.78 is 11.9. The molecule has 3 saturated carbocycles. The Morgan fingerprint density at radius 3 is 2.63 bits per heavy atom. The SMILES string of the molecule is COCCNC(=O)CN(CCOC)C(=O)CNCCCn1cc(C2(O)CCC3C4CCC5=CC(=O)CCC5(C)C4CCC32C)nn1. The predicted molar refractivity (Wildman–Crippen MR) is 171 cm³/mol. The minimum atomic E-state index is -1.01. The Morgan fingerprint density at radius 2 is 1.85 bits per heavy atom. The van der Waals surface area contributed by atoms with Gasteiger partial charge < -0.3 is 30.1 Å². The first-order chi connectivity index (χ1) is 22.1. The van der Waals surface area contributed by atoms with Crippen LogP contribution in [0.1, 0.15) is 77.3 Å². The lowest BCUT2D eigenvalue weighted by atomic mass is 9.46. The van der Waals surface area contributed by atoms with Crippen LogP contribution in [0.15, 0.2) is 17.8 Å². The van der Waals surface area contributed by atoms with Crippen molar-refractivity contribution in [1.29, 1.82) is 0 Å². The summed E-state index contributed by atoms with van der Waals surface area (Å²) in [7, 11) is 3.13. The maximum absolute atomic E-state index is 12.8. The summed E-state index contributed by atoms with van der Waals surface area (Å²) in [6.07, 6.45) is 12.0. The average Bonchev–Trinajstić information content (AvgIpc) is 3.62. The third kappa shape index (κ3) is 6.81. The normalized spacial score (nSPS) is 31.9. The van der Waals surface area contributed by atoms with Crippen molar-refractivity contribution >= 4 is 17.6 Å². The van der Waals surface area contributed by atoms with E-state index in [1.165, 1.54) is 10.5 Å². The van der Waals surface area contributed by atoms with Crippen molar-refractivity contribution in [3.8, 4) is 0 Å². The van der Waals surface area contributed by atoms with E-state index in [0.29, 0.717) is 75.7 Å². The monoisotopic (exact) mass is 642 g/mol. The van der Waals surface area contributed by atoms with Crippen molar-refractivity contribution in [1.82, 2.24) is 30.5 Å². The van der Waals surface area contributed by atoms with Crippen molar-refractivity contribution in [3.63, 3.8) is 0 Å². The molecule has 0 aromatic carbocycles. The minimum Gasteiger partial charge on any atom is -0.383 e. The van der Waals surface area contributed by atoms with Crippen molar-refractivity contribution in [2.45, 2.75) is 83.8 Å². The Kier molecular flexibility index (Phi) is 11.0. The summed E-state index contributed by atoms with van der Waals surface area (Å²) in [5.74, 6) is 1.44. The summed E-state index contributed by atoms with van der Waals surface area (Å²) in [6.45, 7) is 7.44. The van der Waals surface area contributed by atoms with Crippen molar-refractivity contribution < 1.29 is 29.0 Å². The fraction of sp³-hybridized carbons (Fsp3) is 0.794. The molecule has 1 heterocycles. The van der Waals surface area contributed by atoms with Gasteiger partial charge in [-0.3, -0.25) is 19.1 Å². The highest BCUT2D eigenvalue weighted by Crippen LogP contribution is 2.69. The number of amides is 2. The molecule has 0 spiro atoms. The number of carbonyl (C=O) groups excluding carboxylic acids is 3. The largest absolute Gasteiger partial charge is 0.383 e. The van der Waals surface area contributed by atoms with Crippen LogP contribution >= 0.6 is 0 Å². The Morgan fingerprint density at radius 1 is 1.07 bits per heavy atom. The molecule has 0 saturated heterocycles. The third-order valence-electron chi connectivity index (χ3n) is 12.0. The van der Waals surface area contributed by atoms with Crippen LogP contribution in [0.3, 0.4) is 0 Å². The molecule has 12 nitrogen and oxygen atoms in total. The number of aromatic nitrogens is 3. The predicted octanol–water partition coefficient (Wildman–Crippen LogP) is 2.21. The Hall–Kier alpha value is -2.67. The van der Waals surface area contributed by atoms with Crippen LogP contribution in [0.2, 0.25) is 0 Å². The number of aliphatic hydroxyl groups is 1. The van der Waals surface area contributed by atoms with Gasteiger partial charge in [-0.25, -0.2) is 0 Å². The summed E-state index contributed by atoms with van der Waals surface area (Å²) in [4.78, 5) is 38.7. The number of ketones is 1. The quantitative estimate of drug-likeness (QED) is 0.245. The fourth-order valence-corrected chi connectivity index (χ4v) is 9.28. The molecule has 3 N–H and O–H groups in total. The van der Waals surface area contributed by atoms with Gasteiger partial charge in [0.05, 0.1) is 32.5 Å². The van der Waals surface area contributed by atoms with Crippen LogP contribution in [0.25, 0.3) is 0 Å². The van der Waals surface area contributed by atoms with Crippen molar-refractivity contribution in [3.05, 3.63) is 23.5 Å². The van der Waals surface area contributed by atoms with E-state index in [0.717, 1.165) is 44.9 Å². The molecule has 12 heteroatoms. The van der Waals surface area contributed by atoms with Crippen molar-refractivity contribution in [2.24, 2.45) is 28.6 Å². The summed E-state index contributed by atoms with van der Waals surface area (Å²) in [5.41, 5.74) is 0.887. The van der Waals surface area contributed by atoms with E-state index >= 15 is 0 Å². The Bertz CT molecular complexity index is 1280. The summed E-state index contributed by atoms with van der Waals surface area (Å²) >= 11 is 0. The molecule has 0 aliphatic heterocycles. The zero-order chi connectivity index (χ0) is 33.0. The smallest absolute Gasteiger partial charge is 0.239 e. The number of allylic oxidation sites excluding steroid dienone is 1. The van der Waals surface area contributed by atoms with Gasteiger partial charge in [0.15, 0.2) is 5.78 Å². The van der Waals surface area contributed by atoms with Gasteiger partial charge >= 0.3 is 0 Å². The number of aryl methyl sites for hydroxylation is 1. The van der Waals surface area contributed by atoms with Crippen LogP contribution in [0.5, 0.6) is 0 Å². The topological polar surface area (TPSA) is 148 Å². The fourth-order valence-electron chi connectivity index (χ4n) is 9.28. The van der Waals surface area contributed by atoms with Crippen molar-refractivity contribution in [2.75, 3.05) is 60.2 Å². The van der Waals surface area contributed by atoms with Gasteiger partial charge in [-0.15, -0.1) is 5.10 Å². The number of fused-ring (bicyclic) bond motifs is 5. The lowest BCUT2D eigenvalue weighted by molar-refractivity contribution is -0.136. The molecule has 5 rings (SSSR count). The Balaban J connectivity index is 1.12. The molecule has 1 aromatic heterocycles. The van der Waals surface area contributed by atoms with E-state index in [1.54, 1.807) is 18.9 Å². The number of rotatable bonds is 15. The molecule has 6 atom stereocenters.